The van der Waals surface area contributed by atoms with Crippen LogP contribution in [0.1, 0.15) is 30.6 Å². The van der Waals surface area contributed by atoms with E-state index in [1.807, 2.05) is 18.6 Å². The Bertz CT molecular complexity index is 530. The molecule has 19 heavy (non-hydrogen) atoms. The van der Waals surface area contributed by atoms with Crippen LogP contribution >= 0.6 is 0 Å². The summed E-state index contributed by atoms with van der Waals surface area (Å²) in [5.41, 5.74) is 8.41. The number of anilines is 1. The summed E-state index contributed by atoms with van der Waals surface area (Å²) in [4.78, 5) is 6.54. The average Bonchev–Trinajstić information content (AvgIpc) is 3.20. The molecular weight excluding hydrogens is 236 g/mol. The summed E-state index contributed by atoms with van der Waals surface area (Å²) in [6.45, 7) is 0.587. The molecule has 1 aromatic heterocycles. The first-order chi connectivity index (χ1) is 9.31. The molecule has 100 valence electrons. The first-order valence-electron chi connectivity index (χ1n) is 6.81. The fraction of sp³-hybridized carbons (Fsp3) is 0.400. The molecule has 0 amide bonds. The molecule has 1 aromatic carbocycles. The van der Waals surface area contributed by atoms with E-state index < -0.39 is 0 Å². The number of nitrogens with two attached hydrogens (primary N) is 1. The molecule has 1 atom stereocenters. The second kappa shape index (κ2) is 5.05. The summed E-state index contributed by atoms with van der Waals surface area (Å²) in [6.07, 6.45) is 6.41. The molecule has 1 aliphatic carbocycles. The lowest BCUT2D eigenvalue weighted by molar-refractivity contribution is 0.595. The number of benzene rings is 1. The normalized spacial score (nSPS) is 16.3. The van der Waals surface area contributed by atoms with Gasteiger partial charge in [0.1, 0.15) is 0 Å². The first kappa shape index (κ1) is 12.2. The molecule has 4 nitrogen and oxygen atoms in total. The van der Waals surface area contributed by atoms with E-state index >= 15 is 0 Å². The lowest BCUT2D eigenvalue weighted by atomic mass is 10.1. The molecule has 1 unspecified atom stereocenters. The number of imidazole rings is 1. The van der Waals surface area contributed by atoms with Crippen molar-refractivity contribution in [2.45, 2.75) is 24.9 Å². The molecule has 0 spiro atoms. The fourth-order valence-electron chi connectivity index (χ4n) is 2.55. The Morgan fingerprint density at radius 1 is 1.37 bits per heavy atom. The number of rotatable bonds is 5. The molecule has 1 aliphatic rings. The van der Waals surface area contributed by atoms with Crippen LogP contribution < -0.4 is 10.6 Å². The van der Waals surface area contributed by atoms with E-state index in [4.69, 9.17) is 5.73 Å². The van der Waals surface area contributed by atoms with Crippen LogP contribution in [0, 0.1) is 0 Å². The van der Waals surface area contributed by atoms with Gasteiger partial charge in [0.05, 0.1) is 24.3 Å². The third kappa shape index (κ3) is 2.36. The highest BCUT2D eigenvalue weighted by molar-refractivity contribution is 5.47. The van der Waals surface area contributed by atoms with Crippen molar-refractivity contribution in [2.75, 3.05) is 18.5 Å². The predicted octanol–water partition coefficient (Wildman–Crippen LogP) is 2.35. The Morgan fingerprint density at radius 3 is 2.74 bits per heavy atom. The molecule has 2 aromatic rings. The van der Waals surface area contributed by atoms with Crippen LogP contribution in [0.5, 0.6) is 0 Å². The molecule has 4 heteroatoms. The number of likely N-dealkylation sites (N-methyl/N-ethyl adjacent to an activating group) is 1. The summed E-state index contributed by atoms with van der Waals surface area (Å²) in [7, 11) is 2.09. The summed E-state index contributed by atoms with van der Waals surface area (Å²) in [6, 6.07) is 11.2. The Kier molecular flexibility index (Phi) is 3.25. The summed E-state index contributed by atoms with van der Waals surface area (Å²) < 4.78 is 2.29. The first-order valence-corrected chi connectivity index (χ1v) is 6.81. The molecule has 1 fully saturated rings. The highest BCUT2D eigenvalue weighted by atomic mass is 15.2. The van der Waals surface area contributed by atoms with Crippen LogP contribution in [0.15, 0.2) is 42.9 Å². The third-order valence-electron chi connectivity index (χ3n) is 3.83. The van der Waals surface area contributed by atoms with Gasteiger partial charge in [0.15, 0.2) is 0 Å². The van der Waals surface area contributed by atoms with E-state index in [0.29, 0.717) is 12.6 Å². The molecular formula is C15H20N4. The third-order valence-corrected chi connectivity index (χ3v) is 3.83. The maximum atomic E-state index is 6.01. The van der Waals surface area contributed by atoms with Crippen LogP contribution in [0.25, 0.3) is 0 Å². The highest BCUT2D eigenvalue weighted by Gasteiger charge is 2.29. The standard InChI is InChI=1S/C15H20N4/c1-18(12-5-3-2-4-6-12)14(9-16)15-10-17-11-19(15)13-7-8-13/h2-6,10-11,13-14H,7-9,16H2,1H3. The maximum Gasteiger partial charge on any atom is 0.0951 e. The fourth-order valence-corrected chi connectivity index (χ4v) is 2.55. The molecule has 3 rings (SSSR count). The van der Waals surface area contributed by atoms with E-state index in [1.165, 1.54) is 24.2 Å². The minimum absolute atomic E-state index is 0.172. The van der Waals surface area contributed by atoms with Crippen molar-refractivity contribution in [3.8, 4) is 0 Å². The zero-order valence-corrected chi connectivity index (χ0v) is 11.2. The van der Waals surface area contributed by atoms with Gasteiger partial charge in [-0.3, -0.25) is 0 Å². The molecule has 0 saturated heterocycles. The van der Waals surface area contributed by atoms with Crippen molar-refractivity contribution < 1.29 is 0 Å². The van der Waals surface area contributed by atoms with Crippen molar-refractivity contribution in [1.29, 1.82) is 0 Å². The van der Waals surface area contributed by atoms with Crippen molar-refractivity contribution in [3.05, 3.63) is 48.5 Å². The summed E-state index contributed by atoms with van der Waals surface area (Å²) in [5, 5.41) is 0. The molecule has 1 saturated carbocycles. The van der Waals surface area contributed by atoms with Crippen molar-refractivity contribution in [2.24, 2.45) is 5.73 Å². The number of hydrogen-bond acceptors (Lipinski definition) is 3. The Hall–Kier alpha value is -1.81. The van der Waals surface area contributed by atoms with Crippen LogP contribution in [0.4, 0.5) is 5.69 Å². The lowest BCUT2D eigenvalue weighted by Gasteiger charge is -2.29. The quantitative estimate of drug-likeness (QED) is 0.893. The number of nitrogens with zero attached hydrogens (tertiary/aromatic N) is 3. The largest absolute Gasteiger partial charge is 0.365 e. The Labute approximate surface area is 113 Å². The van der Waals surface area contributed by atoms with Gasteiger partial charge in [-0.25, -0.2) is 4.98 Å². The van der Waals surface area contributed by atoms with Gasteiger partial charge in [-0.05, 0) is 25.0 Å². The second-order valence-electron chi connectivity index (χ2n) is 5.15. The SMILES string of the molecule is CN(c1ccccc1)C(CN)c1cncn1C1CC1. The Morgan fingerprint density at radius 2 is 2.11 bits per heavy atom. The van der Waals surface area contributed by atoms with Crippen LogP contribution in [0.3, 0.4) is 0 Å². The van der Waals surface area contributed by atoms with Gasteiger partial charge in [-0.15, -0.1) is 0 Å². The highest BCUT2D eigenvalue weighted by Crippen LogP contribution is 2.38. The second-order valence-corrected chi connectivity index (χ2v) is 5.15. The van der Waals surface area contributed by atoms with E-state index in [1.54, 1.807) is 0 Å². The van der Waals surface area contributed by atoms with E-state index in [-0.39, 0.29) is 6.04 Å². The van der Waals surface area contributed by atoms with Crippen molar-refractivity contribution in [3.63, 3.8) is 0 Å². The minimum atomic E-state index is 0.172. The zero-order valence-electron chi connectivity index (χ0n) is 11.2. The number of aromatic nitrogens is 2. The molecule has 0 bridgehead atoms. The van der Waals surface area contributed by atoms with Crippen LogP contribution in [-0.2, 0) is 0 Å². The lowest BCUT2D eigenvalue weighted by Crippen LogP contribution is -2.32. The monoisotopic (exact) mass is 256 g/mol. The Balaban J connectivity index is 1.89. The minimum Gasteiger partial charge on any atom is -0.365 e. The summed E-state index contributed by atoms with van der Waals surface area (Å²) >= 11 is 0. The summed E-state index contributed by atoms with van der Waals surface area (Å²) in [5.74, 6) is 0. The van der Waals surface area contributed by atoms with E-state index in [0.717, 1.165) is 0 Å². The van der Waals surface area contributed by atoms with Gasteiger partial charge in [0.2, 0.25) is 0 Å². The number of para-hydroxylation sites is 1. The molecule has 0 radical (unpaired) electrons. The van der Waals surface area contributed by atoms with Crippen molar-refractivity contribution >= 4 is 5.69 Å². The topological polar surface area (TPSA) is 47.1 Å². The smallest absolute Gasteiger partial charge is 0.0951 e. The van der Waals surface area contributed by atoms with E-state index in [2.05, 4.69) is 45.8 Å². The zero-order chi connectivity index (χ0) is 13.2. The average molecular weight is 256 g/mol. The predicted molar refractivity (Wildman–Crippen MR) is 77.1 cm³/mol. The molecule has 0 aliphatic heterocycles. The van der Waals surface area contributed by atoms with Crippen LogP contribution in [-0.4, -0.2) is 23.1 Å². The number of hydrogen-bond donors (Lipinski definition) is 1. The van der Waals surface area contributed by atoms with Gasteiger partial charge in [0, 0.05) is 25.3 Å². The van der Waals surface area contributed by atoms with Gasteiger partial charge in [-0.2, -0.15) is 0 Å². The van der Waals surface area contributed by atoms with Gasteiger partial charge in [-0.1, -0.05) is 18.2 Å². The maximum absolute atomic E-state index is 6.01. The van der Waals surface area contributed by atoms with Crippen LogP contribution in [0.2, 0.25) is 0 Å². The molecule has 1 heterocycles. The molecule has 2 N–H and O–H groups in total. The van der Waals surface area contributed by atoms with Gasteiger partial charge < -0.3 is 15.2 Å². The van der Waals surface area contributed by atoms with Gasteiger partial charge in [0.25, 0.3) is 0 Å². The van der Waals surface area contributed by atoms with Crippen molar-refractivity contribution in [1.82, 2.24) is 9.55 Å². The van der Waals surface area contributed by atoms with Gasteiger partial charge >= 0.3 is 0 Å². The van der Waals surface area contributed by atoms with E-state index in [9.17, 15) is 0 Å².